The zero-order chi connectivity index (χ0) is 22.1. The molecule has 7 heteroatoms. The van der Waals surface area contributed by atoms with Gasteiger partial charge in [-0.25, -0.2) is 0 Å². The first kappa shape index (κ1) is 28.1. The van der Waals surface area contributed by atoms with Crippen molar-refractivity contribution in [2.24, 2.45) is 11.8 Å². The number of carbonyl (C=O) groups excluding carboxylic acids is 2. The van der Waals surface area contributed by atoms with Crippen molar-refractivity contribution in [2.45, 2.75) is 66.5 Å². The highest BCUT2D eigenvalue weighted by Gasteiger charge is 2.14. The van der Waals surface area contributed by atoms with Gasteiger partial charge in [0.25, 0.3) is 0 Å². The Hall–Kier alpha value is -0.860. The Bertz CT molecular complexity index is 429. The van der Waals surface area contributed by atoms with Crippen LogP contribution in [-0.2, 0) is 23.8 Å². The molecule has 0 aromatic heterocycles. The predicted octanol–water partition coefficient (Wildman–Crippen LogP) is 2.22. The molecule has 0 aliphatic rings. The van der Waals surface area contributed by atoms with Gasteiger partial charge in [0, 0.05) is 37.0 Å². The average molecular weight is 417 g/mol. The Morgan fingerprint density at radius 2 is 1.24 bits per heavy atom. The van der Waals surface area contributed by atoms with Gasteiger partial charge in [-0.1, -0.05) is 34.6 Å². The van der Waals surface area contributed by atoms with Gasteiger partial charge in [-0.05, 0) is 19.8 Å². The molecule has 0 aliphatic carbocycles. The summed E-state index contributed by atoms with van der Waals surface area (Å²) in [7, 11) is 0. The summed E-state index contributed by atoms with van der Waals surface area (Å²) in [6, 6.07) is 0.754. The molecule has 0 aromatic carbocycles. The summed E-state index contributed by atoms with van der Waals surface area (Å²) in [5, 5.41) is 6.64. The Morgan fingerprint density at radius 3 is 1.90 bits per heavy atom. The largest absolute Gasteiger partial charge is 0.378 e. The number of ether oxygens (including phenoxy) is 3. The first-order chi connectivity index (χ1) is 13.7. The Morgan fingerprint density at radius 1 is 0.690 bits per heavy atom. The van der Waals surface area contributed by atoms with Crippen molar-refractivity contribution in [2.75, 3.05) is 52.7 Å². The molecule has 0 fully saturated rings. The topological polar surface area (TPSA) is 85.9 Å². The van der Waals surface area contributed by atoms with E-state index in [4.69, 9.17) is 14.2 Å². The van der Waals surface area contributed by atoms with Crippen molar-refractivity contribution < 1.29 is 23.8 Å². The van der Waals surface area contributed by atoms with E-state index in [1.54, 1.807) is 0 Å². The molecule has 2 N–H and O–H groups in total. The van der Waals surface area contributed by atoms with E-state index in [2.05, 4.69) is 31.4 Å². The van der Waals surface area contributed by atoms with Crippen molar-refractivity contribution in [3.05, 3.63) is 0 Å². The highest BCUT2D eigenvalue weighted by molar-refractivity contribution is 5.82. The summed E-state index contributed by atoms with van der Waals surface area (Å²) < 4.78 is 16.2. The molecule has 0 rings (SSSR count). The number of Topliss-reactive ketones (excluding diaryl/α,β-unsaturated/α-hetero) is 2. The van der Waals surface area contributed by atoms with E-state index in [1.165, 1.54) is 0 Å². The Labute approximate surface area is 177 Å². The fourth-order valence-corrected chi connectivity index (χ4v) is 2.43. The van der Waals surface area contributed by atoms with Crippen molar-refractivity contribution in [1.29, 1.82) is 0 Å². The number of nitrogens with one attached hydrogen (secondary N) is 2. The fourth-order valence-electron chi connectivity index (χ4n) is 2.43. The standard InChI is InChI=1S/C22H44N2O5/c1-17(2)21(25)15-28-12-10-24-20(6)8-7-19(5)22(26)16-29-14-13-27-11-9-23-18(3)4/h17-20,23-24H,7-16H2,1-6H3. The van der Waals surface area contributed by atoms with E-state index in [0.29, 0.717) is 45.1 Å². The number of carbonyl (C=O) groups is 2. The lowest BCUT2D eigenvalue weighted by Crippen LogP contribution is -2.31. The highest BCUT2D eigenvalue weighted by Crippen LogP contribution is 2.09. The molecule has 7 nitrogen and oxygen atoms in total. The van der Waals surface area contributed by atoms with E-state index in [-0.39, 0.29) is 36.6 Å². The van der Waals surface area contributed by atoms with Gasteiger partial charge in [0.15, 0.2) is 11.6 Å². The third-order valence-corrected chi connectivity index (χ3v) is 4.63. The minimum Gasteiger partial charge on any atom is -0.378 e. The number of ketones is 2. The molecule has 0 bridgehead atoms. The van der Waals surface area contributed by atoms with Crippen molar-refractivity contribution in [1.82, 2.24) is 10.6 Å². The van der Waals surface area contributed by atoms with Crippen LogP contribution in [0.4, 0.5) is 0 Å². The molecule has 172 valence electrons. The minimum atomic E-state index is -0.0182. The SMILES string of the molecule is CC(C)NCCOCCOCC(=O)C(C)CCC(C)NCCOCC(=O)C(C)C. The van der Waals surface area contributed by atoms with Crippen molar-refractivity contribution in [3.8, 4) is 0 Å². The van der Waals surface area contributed by atoms with Crippen LogP contribution < -0.4 is 10.6 Å². The Kier molecular flexibility index (Phi) is 17.4. The molecule has 2 atom stereocenters. The van der Waals surface area contributed by atoms with Crippen LogP contribution >= 0.6 is 0 Å². The predicted molar refractivity (Wildman–Crippen MR) is 116 cm³/mol. The third kappa shape index (κ3) is 17.7. The molecule has 29 heavy (non-hydrogen) atoms. The van der Waals surface area contributed by atoms with Gasteiger partial charge in [-0.2, -0.15) is 0 Å². The molecule has 0 amide bonds. The Balaban J connectivity index is 3.60. The second kappa shape index (κ2) is 18.0. The summed E-state index contributed by atoms with van der Waals surface area (Å²) in [5.41, 5.74) is 0. The molecular weight excluding hydrogens is 372 g/mol. The highest BCUT2D eigenvalue weighted by atomic mass is 16.5. The van der Waals surface area contributed by atoms with E-state index in [9.17, 15) is 9.59 Å². The summed E-state index contributed by atoms with van der Waals surface area (Å²) in [5.74, 6) is 0.260. The molecule has 2 unspecified atom stereocenters. The summed E-state index contributed by atoms with van der Waals surface area (Å²) in [6.45, 7) is 15.9. The second-order valence-corrected chi connectivity index (χ2v) is 8.25. The maximum absolute atomic E-state index is 12.1. The van der Waals surface area contributed by atoms with Crippen LogP contribution in [0.1, 0.15) is 54.4 Å². The number of hydrogen-bond acceptors (Lipinski definition) is 7. The maximum atomic E-state index is 12.1. The molecule has 0 heterocycles. The first-order valence-corrected chi connectivity index (χ1v) is 11.0. The van der Waals surface area contributed by atoms with Gasteiger partial charge in [-0.3, -0.25) is 9.59 Å². The third-order valence-electron chi connectivity index (χ3n) is 4.63. The lowest BCUT2D eigenvalue weighted by atomic mass is 9.98. The molecule has 0 saturated heterocycles. The van der Waals surface area contributed by atoms with Crippen LogP contribution in [0.25, 0.3) is 0 Å². The molecule has 0 radical (unpaired) electrons. The maximum Gasteiger partial charge on any atom is 0.161 e. The molecule has 0 aromatic rings. The first-order valence-electron chi connectivity index (χ1n) is 11.0. The number of hydrogen-bond donors (Lipinski definition) is 2. The molecule has 0 saturated carbocycles. The average Bonchev–Trinajstić information content (AvgIpc) is 2.66. The normalized spacial score (nSPS) is 13.8. The summed E-state index contributed by atoms with van der Waals surface area (Å²) in [4.78, 5) is 23.6. The zero-order valence-corrected chi connectivity index (χ0v) is 19.4. The summed E-state index contributed by atoms with van der Waals surface area (Å²) >= 11 is 0. The molecular formula is C22H44N2O5. The minimum absolute atomic E-state index is 0.0180. The van der Waals surface area contributed by atoms with E-state index in [0.717, 1.165) is 19.4 Å². The van der Waals surface area contributed by atoms with Crippen LogP contribution in [0.5, 0.6) is 0 Å². The van der Waals surface area contributed by atoms with E-state index in [1.807, 2.05) is 20.8 Å². The number of rotatable bonds is 20. The fraction of sp³-hybridized carbons (Fsp3) is 0.909. The van der Waals surface area contributed by atoms with Crippen molar-refractivity contribution >= 4 is 11.6 Å². The lowest BCUT2D eigenvalue weighted by Gasteiger charge is -2.16. The van der Waals surface area contributed by atoms with Gasteiger partial charge >= 0.3 is 0 Å². The molecule has 0 spiro atoms. The smallest absolute Gasteiger partial charge is 0.161 e. The van der Waals surface area contributed by atoms with Crippen LogP contribution in [0.3, 0.4) is 0 Å². The quantitative estimate of drug-likeness (QED) is 0.294. The van der Waals surface area contributed by atoms with Crippen LogP contribution in [0, 0.1) is 11.8 Å². The molecule has 0 aliphatic heterocycles. The summed E-state index contributed by atoms with van der Waals surface area (Å²) in [6.07, 6.45) is 1.73. The monoisotopic (exact) mass is 416 g/mol. The van der Waals surface area contributed by atoms with Crippen LogP contribution in [0.2, 0.25) is 0 Å². The van der Waals surface area contributed by atoms with Crippen molar-refractivity contribution in [3.63, 3.8) is 0 Å². The van der Waals surface area contributed by atoms with Crippen LogP contribution in [-0.4, -0.2) is 76.4 Å². The van der Waals surface area contributed by atoms with E-state index < -0.39 is 0 Å². The lowest BCUT2D eigenvalue weighted by molar-refractivity contribution is -0.128. The van der Waals surface area contributed by atoms with Gasteiger partial charge < -0.3 is 24.8 Å². The van der Waals surface area contributed by atoms with Crippen LogP contribution in [0.15, 0.2) is 0 Å². The van der Waals surface area contributed by atoms with Gasteiger partial charge in [0.2, 0.25) is 0 Å². The van der Waals surface area contributed by atoms with Gasteiger partial charge in [-0.15, -0.1) is 0 Å². The van der Waals surface area contributed by atoms with Gasteiger partial charge in [0.1, 0.15) is 13.2 Å². The van der Waals surface area contributed by atoms with E-state index >= 15 is 0 Å². The van der Waals surface area contributed by atoms with Gasteiger partial charge in [0.05, 0.1) is 26.4 Å². The second-order valence-electron chi connectivity index (χ2n) is 8.25. The zero-order valence-electron chi connectivity index (χ0n) is 19.4.